The van der Waals surface area contributed by atoms with Crippen LogP contribution in [0.1, 0.15) is 38.8 Å². The lowest BCUT2D eigenvalue weighted by atomic mass is 9.78. The summed E-state index contributed by atoms with van der Waals surface area (Å²) < 4.78 is 12.1. The van der Waals surface area contributed by atoms with E-state index in [0.717, 1.165) is 11.0 Å². The van der Waals surface area contributed by atoms with Gasteiger partial charge >= 0.3 is 13.1 Å². The molecule has 1 N–H and O–H groups in total. The second-order valence-electron chi connectivity index (χ2n) is 6.88. The Bertz CT molecular complexity index is 657. The molecule has 0 radical (unpaired) electrons. The van der Waals surface area contributed by atoms with E-state index in [2.05, 4.69) is 12.6 Å². The maximum Gasteiger partial charge on any atom is 0.491 e. The minimum atomic E-state index is -0.893. The average molecular weight is 369 g/mol. The van der Waals surface area contributed by atoms with Crippen LogP contribution in [-0.4, -0.2) is 35.1 Å². The largest absolute Gasteiger partial charge is 0.491 e. The first-order valence-corrected chi connectivity index (χ1v) is 8.74. The molecule has 24 heavy (non-hydrogen) atoms. The van der Waals surface area contributed by atoms with E-state index in [9.17, 15) is 4.79 Å². The standard InChI is InChI=1S/C17H22BClO4S/c1-16(2)17(3,4)23-18(22-16)13(10-24)7-12-8-14(19)6-5-11(12)9-15(20)21/h5-8,24H,9-10H2,1-4H3,(H,20,21). The third-order valence-electron chi connectivity index (χ3n) is 4.53. The number of carboxylic acid groups (broad SMARTS) is 1. The number of hydrogen-bond acceptors (Lipinski definition) is 4. The smallest absolute Gasteiger partial charge is 0.481 e. The fourth-order valence-corrected chi connectivity index (χ4v) is 2.83. The number of thiol groups is 1. The summed E-state index contributed by atoms with van der Waals surface area (Å²) in [5.74, 6) is -0.467. The van der Waals surface area contributed by atoms with Crippen LogP contribution in [0.2, 0.25) is 5.02 Å². The molecule has 7 heteroatoms. The van der Waals surface area contributed by atoms with Gasteiger partial charge in [-0.05, 0) is 56.4 Å². The van der Waals surface area contributed by atoms with Crippen LogP contribution >= 0.6 is 24.2 Å². The van der Waals surface area contributed by atoms with Crippen LogP contribution in [0.5, 0.6) is 0 Å². The van der Waals surface area contributed by atoms with Crippen molar-refractivity contribution in [1.29, 1.82) is 0 Å². The Labute approximate surface area is 153 Å². The second kappa shape index (κ2) is 7.12. The molecule has 1 saturated heterocycles. The zero-order valence-corrected chi connectivity index (χ0v) is 15.9. The highest BCUT2D eigenvalue weighted by Crippen LogP contribution is 2.39. The Kier molecular flexibility index (Phi) is 5.75. The molecule has 0 unspecified atom stereocenters. The molecule has 1 aliphatic heterocycles. The zero-order chi connectivity index (χ0) is 18.1. The van der Waals surface area contributed by atoms with Crippen LogP contribution in [-0.2, 0) is 20.5 Å². The second-order valence-corrected chi connectivity index (χ2v) is 7.63. The monoisotopic (exact) mass is 368 g/mol. The normalized spacial score (nSPS) is 19.6. The molecule has 0 aromatic heterocycles. The number of rotatable bonds is 5. The summed E-state index contributed by atoms with van der Waals surface area (Å²) in [5, 5.41) is 9.63. The molecule has 0 atom stereocenters. The SMILES string of the molecule is CC1(C)OB(C(=Cc2cc(Cl)ccc2CC(=O)O)CS)OC1(C)C. The lowest BCUT2D eigenvalue weighted by Gasteiger charge is -2.32. The van der Waals surface area contributed by atoms with Crippen LogP contribution in [0, 0.1) is 0 Å². The van der Waals surface area contributed by atoms with Gasteiger partial charge in [-0.3, -0.25) is 4.79 Å². The maximum atomic E-state index is 11.1. The van der Waals surface area contributed by atoms with Gasteiger partial charge in [-0.25, -0.2) is 0 Å². The molecule has 1 aromatic rings. The van der Waals surface area contributed by atoms with Crippen molar-refractivity contribution >= 4 is 43.4 Å². The number of benzene rings is 1. The van der Waals surface area contributed by atoms with E-state index in [0.29, 0.717) is 16.3 Å². The van der Waals surface area contributed by atoms with Gasteiger partial charge in [-0.2, -0.15) is 12.6 Å². The van der Waals surface area contributed by atoms with Crippen molar-refractivity contribution < 1.29 is 19.2 Å². The molecule has 1 fully saturated rings. The molecule has 0 spiro atoms. The van der Waals surface area contributed by atoms with Gasteiger partial charge in [0.15, 0.2) is 0 Å². The highest BCUT2D eigenvalue weighted by Gasteiger charge is 2.52. The van der Waals surface area contributed by atoms with E-state index < -0.39 is 24.3 Å². The quantitative estimate of drug-likeness (QED) is 0.611. The van der Waals surface area contributed by atoms with Crippen LogP contribution in [0.25, 0.3) is 6.08 Å². The van der Waals surface area contributed by atoms with Crippen molar-refractivity contribution in [3.05, 3.63) is 39.8 Å². The molecule has 1 heterocycles. The minimum absolute atomic E-state index is 0.0772. The van der Waals surface area contributed by atoms with E-state index in [1.54, 1.807) is 18.2 Å². The van der Waals surface area contributed by atoms with Crippen molar-refractivity contribution in [3.8, 4) is 0 Å². The molecule has 0 saturated carbocycles. The zero-order valence-electron chi connectivity index (χ0n) is 14.3. The van der Waals surface area contributed by atoms with Gasteiger partial charge in [0.05, 0.1) is 17.6 Å². The molecular weight excluding hydrogens is 347 g/mol. The Morgan fingerprint density at radius 3 is 2.38 bits per heavy atom. The van der Waals surface area contributed by atoms with E-state index in [1.165, 1.54) is 0 Å². The summed E-state index contributed by atoms with van der Waals surface area (Å²) >= 11 is 10.5. The predicted octanol–water partition coefficient (Wildman–Crippen LogP) is 3.91. The number of aliphatic carboxylic acids is 1. The molecular formula is C17H22BClO4S. The maximum absolute atomic E-state index is 11.1. The lowest BCUT2D eigenvalue weighted by Crippen LogP contribution is -2.41. The average Bonchev–Trinajstić information content (AvgIpc) is 2.66. The highest BCUT2D eigenvalue weighted by atomic mass is 35.5. The lowest BCUT2D eigenvalue weighted by molar-refractivity contribution is -0.136. The van der Waals surface area contributed by atoms with Gasteiger partial charge < -0.3 is 14.4 Å². The van der Waals surface area contributed by atoms with Crippen molar-refractivity contribution in [1.82, 2.24) is 0 Å². The molecule has 4 nitrogen and oxygen atoms in total. The van der Waals surface area contributed by atoms with Gasteiger partial charge in [0, 0.05) is 10.8 Å². The van der Waals surface area contributed by atoms with Crippen molar-refractivity contribution in [3.63, 3.8) is 0 Å². The summed E-state index contributed by atoms with van der Waals surface area (Å²) in [6.07, 6.45) is 1.78. The van der Waals surface area contributed by atoms with Gasteiger partial charge in [-0.15, -0.1) is 0 Å². The van der Waals surface area contributed by atoms with Crippen LogP contribution in [0.4, 0.5) is 0 Å². The molecule has 1 aliphatic rings. The summed E-state index contributed by atoms with van der Waals surface area (Å²) in [6, 6.07) is 5.16. The third kappa shape index (κ3) is 4.17. The van der Waals surface area contributed by atoms with Crippen LogP contribution in [0.3, 0.4) is 0 Å². The van der Waals surface area contributed by atoms with Gasteiger partial charge in [-0.1, -0.05) is 23.7 Å². The van der Waals surface area contributed by atoms with E-state index in [-0.39, 0.29) is 6.42 Å². The molecule has 0 aliphatic carbocycles. The van der Waals surface area contributed by atoms with E-state index >= 15 is 0 Å². The number of halogens is 1. The molecule has 1 aromatic carbocycles. The number of carbonyl (C=O) groups is 1. The Balaban J connectivity index is 2.38. The topological polar surface area (TPSA) is 55.8 Å². The number of carboxylic acids is 1. The third-order valence-corrected chi connectivity index (χ3v) is 5.13. The first-order valence-electron chi connectivity index (χ1n) is 7.73. The van der Waals surface area contributed by atoms with Gasteiger partial charge in [0.2, 0.25) is 0 Å². The van der Waals surface area contributed by atoms with Crippen LogP contribution in [0.15, 0.2) is 23.7 Å². The van der Waals surface area contributed by atoms with E-state index in [4.69, 9.17) is 26.0 Å². The minimum Gasteiger partial charge on any atom is -0.481 e. The van der Waals surface area contributed by atoms with Gasteiger partial charge in [0.1, 0.15) is 0 Å². The summed E-state index contributed by atoms with van der Waals surface area (Å²) in [4.78, 5) is 11.1. The summed E-state index contributed by atoms with van der Waals surface area (Å²) in [7, 11) is -0.524. The van der Waals surface area contributed by atoms with E-state index in [1.807, 2.05) is 33.8 Å². The van der Waals surface area contributed by atoms with Crippen molar-refractivity contribution in [2.24, 2.45) is 0 Å². The highest BCUT2D eigenvalue weighted by molar-refractivity contribution is 7.80. The Hall–Kier alpha value is -0.945. The van der Waals surface area contributed by atoms with Crippen LogP contribution < -0.4 is 0 Å². The first-order chi connectivity index (χ1) is 11.1. The Morgan fingerprint density at radius 2 is 1.88 bits per heavy atom. The fraction of sp³-hybridized carbons (Fsp3) is 0.471. The molecule has 130 valence electrons. The number of hydrogen-bond donors (Lipinski definition) is 2. The van der Waals surface area contributed by atoms with Gasteiger partial charge in [0.25, 0.3) is 0 Å². The fourth-order valence-electron chi connectivity index (χ4n) is 2.41. The molecule has 2 rings (SSSR count). The first kappa shape index (κ1) is 19.4. The van der Waals surface area contributed by atoms with Crippen molar-refractivity contribution in [2.75, 3.05) is 5.75 Å². The summed E-state index contributed by atoms with van der Waals surface area (Å²) in [5.41, 5.74) is 1.35. The summed E-state index contributed by atoms with van der Waals surface area (Å²) in [6.45, 7) is 7.94. The Morgan fingerprint density at radius 1 is 1.29 bits per heavy atom. The molecule has 0 amide bonds. The molecule has 0 bridgehead atoms. The van der Waals surface area contributed by atoms with Crippen molar-refractivity contribution in [2.45, 2.75) is 45.3 Å². The predicted molar refractivity (Wildman–Crippen MR) is 101 cm³/mol.